The van der Waals surface area contributed by atoms with Gasteiger partial charge in [0.2, 0.25) is 5.91 Å². The molecular weight excluding hydrogens is 336 g/mol. The van der Waals surface area contributed by atoms with E-state index in [1.54, 1.807) is 30.3 Å². The normalized spacial score (nSPS) is 15.2. The van der Waals surface area contributed by atoms with Gasteiger partial charge in [-0.3, -0.25) is 4.79 Å². The maximum Gasteiger partial charge on any atom is 0.387 e. The third-order valence-electron chi connectivity index (χ3n) is 4.21. The van der Waals surface area contributed by atoms with Crippen molar-refractivity contribution in [2.45, 2.75) is 31.4 Å². The molecule has 0 unspecified atom stereocenters. The first kappa shape index (κ1) is 16.7. The van der Waals surface area contributed by atoms with Crippen molar-refractivity contribution in [3.63, 3.8) is 0 Å². The molecule has 1 N–H and O–H groups in total. The van der Waals surface area contributed by atoms with E-state index in [1.807, 2.05) is 12.1 Å². The number of hydrogen-bond acceptors (Lipinski definition) is 2. The molecule has 1 aliphatic rings. The number of halogens is 3. The Balaban J connectivity index is 1.69. The van der Waals surface area contributed by atoms with Crippen molar-refractivity contribution in [2.75, 3.05) is 0 Å². The van der Waals surface area contributed by atoms with Crippen LogP contribution in [0.1, 0.15) is 24.0 Å². The second kappa shape index (κ2) is 6.77. The third-order valence-corrected chi connectivity index (χ3v) is 4.46. The lowest BCUT2D eigenvalue weighted by Gasteiger charge is -2.17. The highest BCUT2D eigenvalue weighted by Gasteiger charge is 2.51. The van der Waals surface area contributed by atoms with Crippen molar-refractivity contribution in [1.29, 1.82) is 0 Å². The SMILES string of the molecule is O=C(NCc1ccccc1OC(F)F)C1(c2ccc(Cl)cc2)CC1. The van der Waals surface area contributed by atoms with Gasteiger partial charge in [-0.15, -0.1) is 0 Å². The number of para-hydroxylation sites is 1. The Morgan fingerprint density at radius 3 is 2.46 bits per heavy atom. The average molecular weight is 352 g/mol. The number of ether oxygens (including phenoxy) is 1. The lowest BCUT2D eigenvalue weighted by Crippen LogP contribution is -2.34. The summed E-state index contributed by atoms with van der Waals surface area (Å²) in [5.74, 6) is -0.0409. The highest BCUT2D eigenvalue weighted by atomic mass is 35.5. The molecule has 0 aliphatic heterocycles. The monoisotopic (exact) mass is 351 g/mol. The summed E-state index contributed by atoms with van der Waals surface area (Å²) < 4.78 is 29.3. The second-order valence-electron chi connectivity index (χ2n) is 5.76. The molecule has 1 amide bonds. The molecule has 1 fully saturated rings. The molecule has 3 nitrogen and oxygen atoms in total. The van der Waals surface area contributed by atoms with Gasteiger partial charge in [-0.2, -0.15) is 8.78 Å². The van der Waals surface area contributed by atoms with Crippen molar-refractivity contribution in [1.82, 2.24) is 5.32 Å². The quantitative estimate of drug-likeness (QED) is 0.843. The number of rotatable bonds is 6. The van der Waals surface area contributed by atoms with Crippen LogP contribution >= 0.6 is 11.6 Å². The Labute approximate surface area is 143 Å². The summed E-state index contributed by atoms with van der Waals surface area (Å²) >= 11 is 5.89. The van der Waals surface area contributed by atoms with Gasteiger partial charge in [-0.1, -0.05) is 41.9 Å². The Kier molecular flexibility index (Phi) is 4.71. The fourth-order valence-corrected chi connectivity index (χ4v) is 2.87. The van der Waals surface area contributed by atoms with Gasteiger partial charge >= 0.3 is 6.61 Å². The number of hydrogen-bond donors (Lipinski definition) is 1. The zero-order valence-corrected chi connectivity index (χ0v) is 13.5. The summed E-state index contributed by atoms with van der Waals surface area (Å²) in [6, 6.07) is 13.7. The number of carbonyl (C=O) groups is 1. The van der Waals surface area contributed by atoms with Gasteiger partial charge in [-0.25, -0.2) is 0 Å². The van der Waals surface area contributed by atoms with Crippen LogP contribution in [0.25, 0.3) is 0 Å². The summed E-state index contributed by atoms with van der Waals surface area (Å²) in [6.07, 6.45) is 1.52. The topological polar surface area (TPSA) is 38.3 Å². The van der Waals surface area contributed by atoms with E-state index >= 15 is 0 Å². The highest BCUT2D eigenvalue weighted by Crippen LogP contribution is 2.48. The second-order valence-corrected chi connectivity index (χ2v) is 6.19. The minimum atomic E-state index is -2.90. The van der Waals surface area contributed by atoms with Crippen molar-refractivity contribution in [3.8, 4) is 5.75 Å². The zero-order valence-electron chi connectivity index (χ0n) is 12.8. The van der Waals surface area contributed by atoms with E-state index in [2.05, 4.69) is 10.1 Å². The lowest BCUT2D eigenvalue weighted by molar-refractivity contribution is -0.123. The standard InChI is InChI=1S/C18H16ClF2NO2/c19-14-7-5-13(6-8-14)18(9-10-18)16(23)22-11-12-3-1-2-4-15(12)24-17(20)21/h1-8,17H,9-11H2,(H,22,23). The van der Waals surface area contributed by atoms with Crippen molar-refractivity contribution >= 4 is 17.5 Å². The molecule has 0 atom stereocenters. The molecule has 2 aromatic carbocycles. The first-order valence-corrected chi connectivity index (χ1v) is 7.96. The van der Waals surface area contributed by atoms with Gasteiger partial charge in [0.05, 0.1) is 5.41 Å². The zero-order chi connectivity index (χ0) is 17.2. The number of amides is 1. The molecule has 1 saturated carbocycles. The van der Waals surface area contributed by atoms with Crippen LogP contribution in [0.2, 0.25) is 5.02 Å². The van der Waals surface area contributed by atoms with E-state index in [0.717, 1.165) is 18.4 Å². The molecule has 0 spiro atoms. The molecule has 6 heteroatoms. The maximum absolute atomic E-state index is 12.6. The Hall–Kier alpha value is -2.14. The smallest absolute Gasteiger partial charge is 0.387 e. The predicted molar refractivity (Wildman–Crippen MR) is 87.3 cm³/mol. The van der Waals surface area contributed by atoms with E-state index in [1.165, 1.54) is 6.07 Å². The largest absolute Gasteiger partial charge is 0.434 e. The van der Waals surface area contributed by atoms with Crippen LogP contribution in [0, 0.1) is 0 Å². The summed E-state index contributed by atoms with van der Waals surface area (Å²) in [5, 5.41) is 3.45. The van der Waals surface area contributed by atoms with E-state index < -0.39 is 12.0 Å². The van der Waals surface area contributed by atoms with Crippen LogP contribution in [0.4, 0.5) is 8.78 Å². The molecule has 1 aliphatic carbocycles. The number of nitrogens with one attached hydrogen (secondary N) is 1. The van der Waals surface area contributed by atoms with E-state index in [9.17, 15) is 13.6 Å². The van der Waals surface area contributed by atoms with Gasteiger partial charge < -0.3 is 10.1 Å². The summed E-state index contributed by atoms with van der Waals surface area (Å²) in [5.41, 5.74) is 0.892. The first-order valence-electron chi connectivity index (χ1n) is 7.58. The number of carbonyl (C=O) groups excluding carboxylic acids is 1. The average Bonchev–Trinajstić information content (AvgIpc) is 3.36. The molecule has 3 rings (SSSR count). The molecule has 24 heavy (non-hydrogen) atoms. The summed E-state index contributed by atoms with van der Waals surface area (Å²) in [6.45, 7) is -2.76. The molecule has 0 saturated heterocycles. The van der Waals surface area contributed by atoms with Crippen LogP contribution in [0.5, 0.6) is 5.75 Å². The van der Waals surface area contributed by atoms with Crippen LogP contribution in [-0.2, 0) is 16.8 Å². The maximum atomic E-state index is 12.6. The van der Waals surface area contributed by atoms with Crippen LogP contribution in [0.3, 0.4) is 0 Å². The van der Waals surface area contributed by atoms with Gasteiger partial charge in [0, 0.05) is 17.1 Å². The minimum Gasteiger partial charge on any atom is -0.434 e. The first-order chi connectivity index (χ1) is 11.5. The van der Waals surface area contributed by atoms with E-state index in [-0.39, 0.29) is 18.2 Å². The molecule has 0 radical (unpaired) electrons. The van der Waals surface area contributed by atoms with E-state index in [4.69, 9.17) is 11.6 Å². The Morgan fingerprint density at radius 1 is 1.17 bits per heavy atom. The van der Waals surface area contributed by atoms with Crippen molar-refractivity contribution in [2.24, 2.45) is 0 Å². The fourth-order valence-electron chi connectivity index (χ4n) is 2.75. The number of benzene rings is 2. The van der Waals surface area contributed by atoms with Crippen LogP contribution in [-0.4, -0.2) is 12.5 Å². The van der Waals surface area contributed by atoms with E-state index in [0.29, 0.717) is 10.6 Å². The fraction of sp³-hybridized carbons (Fsp3) is 0.278. The molecule has 126 valence electrons. The third kappa shape index (κ3) is 3.51. The summed E-state index contributed by atoms with van der Waals surface area (Å²) in [4.78, 5) is 12.6. The molecular formula is C18H16ClF2NO2. The highest BCUT2D eigenvalue weighted by molar-refractivity contribution is 6.30. The van der Waals surface area contributed by atoms with Crippen LogP contribution in [0.15, 0.2) is 48.5 Å². The molecule has 2 aromatic rings. The van der Waals surface area contributed by atoms with Gasteiger partial charge in [0.1, 0.15) is 5.75 Å². The lowest BCUT2D eigenvalue weighted by atomic mass is 9.95. The molecule has 0 heterocycles. The minimum absolute atomic E-state index is 0.0733. The van der Waals surface area contributed by atoms with Gasteiger partial charge in [-0.05, 0) is 36.6 Å². The van der Waals surface area contributed by atoms with Crippen LogP contribution < -0.4 is 10.1 Å². The van der Waals surface area contributed by atoms with Gasteiger partial charge in [0.25, 0.3) is 0 Å². The Bertz CT molecular complexity index is 730. The predicted octanol–water partition coefficient (Wildman–Crippen LogP) is 4.29. The van der Waals surface area contributed by atoms with Crippen molar-refractivity contribution < 1.29 is 18.3 Å². The number of alkyl halides is 2. The molecule has 0 bridgehead atoms. The Morgan fingerprint density at radius 2 is 1.83 bits per heavy atom. The molecule has 0 aromatic heterocycles. The van der Waals surface area contributed by atoms with Gasteiger partial charge in [0.15, 0.2) is 0 Å². The van der Waals surface area contributed by atoms with Crippen molar-refractivity contribution in [3.05, 3.63) is 64.7 Å². The summed E-state index contributed by atoms with van der Waals surface area (Å²) in [7, 11) is 0.